The van der Waals surface area contributed by atoms with Crippen LogP contribution in [0, 0.1) is 10.1 Å². The molecular weight excluding hydrogens is 290 g/mol. The highest BCUT2D eigenvalue weighted by Gasteiger charge is 2.18. The van der Waals surface area contributed by atoms with Gasteiger partial charge in [-0.1, -0.05) is 15.9 Å². The van der Waals surface area contributed by atoms with E-state index in [1.54, 1.807) is 0 Å². The minimum absolute atomic E-state index is 0.231. The highest BCUT2D eigenvalue weighted by molar-refractivity contribution is 9.08. The number of hydrogen-bond donors (Lipinski definition) is 1. The van der Waals surface area contributed by atoms with E-state index in [0.29, 0.717) is 5.56 Å². The molecule has 15 heavy (non-hydrogen) atoms. The van der Waals surface area contributed by atoms with Crippen molar-refractivity contribution >= 4 is 31.7 Å². The smallest absolute Gasteiger partial charge is 0.282 e. The first-order valence-corrected chi connectivity index (χ1v) is 6.23. The summed E-state index contributed by atoms with van der Waals surface area (Å²) in [7, 11) is -4.40. The molecule has 0 aliphatic rings. The number of nitro benzene ring substituents is 1. The molecule has 0 unspecified atom stereocenters. The summed E-state index contributed by atoms with van der Waals surface area (Å²) in [5.74, 6) is 0. The molecule has 8 heteroatoms. The molecule has 0 spiro atoms. The summed E-state index contributed by atoms with van der Waals surface area (Å²) in [6.45, 7) is 0. The third kappa shape index (κ3) is 2.74. The van der Waals surface area contributed by atoms with Gasteiger partial charge in [0.1, 0.15) is 4.90 Å². The summed E-state index contributed by atoms with van der Waals surface area (Å²) in [6.07, 6.45) is 0. The zero-order valence-corrected chi connectivity index (χ0v) is 9.66. The highest BCUT2D eigenvalue weighted by atomic mass is 79.9. The third-order valence-electron chi connectivity index (χ3n) is 1.70. The van der Waals surface area contributed by atoms with Crippen LogP contribution in [-0.2, 0) is 15.4 Å². The first-order valence-electron chi connectivity index (χ1n) is 3.67. The maximum Gasteiger partial charge on any atom is 0.294 e. The predicted molar refractivity (Wildman–Crippen MR) is 55.5 cm³/mol. The lowest BCUT2D eigenvalue weighted by Gasteiger charge is -2.01. The van der Waals surface area contributed by atoms with E-state index >= 15 is 0 Å². The largest absolute Gasteiger partial charge is 0.294 e. The van der Waals surface area contributed by atoms with Crippen LogP contribution < -0.4 is 0 Å². The van der Waals surface area contributed by atoms with Gasteiger partial charge in [0, 0.05) is 17.0 Å². The lowest BCUT2D eigenvalue weighted by molar-refractivity contribution is -0.385. The molecule has 0 radical (unpaired) electrons. The molecule has 0 aliphatic carbocycles. The van der Waals surface area contributed by atoms with E-state index in [1.807, 2.05) is 0 Å². The molecule has 1 N–H and O–H groups in total. The fourth-order valence-corrected chi connectivity index (χ4v) is 1.96. The number of benzene rings is 1. The first kappa shape index (κ1) is 12.1. The van der Waals surface area contributed by atoms with Gasteiger partial charge in [-0.15, -0.1) is 0 Å². The van der Waals surface area contributed by atoms with Crippen LogP contribution in [-0.4, -0.2) is 17.9 Å². The number of nitro groups is 1. The van der Waals surface area contributed by atoms with Gasteiger partial charge >= 0.3 is 0 Å². The number of hydrogen-bond acceptors (Lipinski definition) is 4. The average molecular weight is 296 g/mol. The van der Waals surface area contributed by atoms with Crippen LogP contribution in [0.3, 0.4) is 0 Å². The van der Waals surface area contributed by atoms with Gasteiger partial charge < -0.3 is 0 Å². The quantitative estimate of drug-likeness (QED) is 0.396. The van der Waals surface area contributed by atoms with Crippen LogP contribution in [0.2, 0.25) is 0 Å². The van der Waals surface area contributed by atoms with Gasteiger partial charge in [-0.3, -0.25) is 14.7 Å². The van der Waals surface area contributed by atoms with E-state index in [1.165, 1.54) is 6.07 Å². The highest BCUT2D eigenvalue weighted by Crippen LogP contribution is 2.24. The minimum Gasteiger partial charge on any atom is -0.282 e. The Hall–Kier alpha value is -0.990. The number of alkyl halides is 1. The Bertz CT molecular complexity index is 498. The van der Waals surface area contributed by atoms with Gasteiger partial charge in [-0.25, -0.2) is 0 Å². The van der Waals surface area contributed by atoms with E-state index in [2.05, 4.69) is 15.9 Å². The van der Waals surface area contributed by atoms with Gasteiger partial charge in [0.25, 0.3) is 15.8 Å². The second-order valence-corrected chi connectivity index (χ2v) is 4.64. The van der Waals surface area contributed by atoms with Crippen LogP contribution in [0.5, 0.6) is 0 Å². The normalized spacial score (nSPS) is 11.3. The van der Waals surface area contributed by atoms with Crippen LogP contribution in [0.15, 0.2) is 23.1 Å². The number of rotatable bonds is 3. The fraction of sp³-hybridized carbons (Fsp3) is 0.143. The Balaban J connectivity index is 3.42. The van der Waals surface area contributed by atoms with Gasteiger partial charge in [-0.05, 0) is 12.1 Å². The Morgan fingerprint density at radius 2 is 2.07 bits per heavy atom. The number of nitrogens with zero attached hydrogens (tertiary/aromatic N) is 1. The zero-order chi connectivity index (χ0) is 11.6. The monoisotopic (exact) mass is 295 g/mol. The molecule has 1 aromatic rings. The molecule has 0 bridgehead atoms. The molecule has 1 rings (SSSR count). The molecule has 0 atom stereocenters. The second kappa shape index (κ2) is 4.25. The molecule has 0 saturated carbocycles. The molecule has 6 nitrogen and oxygen atoms in total. The molecule has 0 amide bonds. The second-order valence-electron chi connectivity index (χ2n) is 2.66. The lowest BCUT2D eigenvalue weighted by atomic mass is 10.2. The Kier molecular flexibility index (Phi) is 3.42. The average Bonchev–Trinajstić information content (AvgIpc) is 2.15. The van der Waals surface area contributed by atoms with Gasteiger partial charge in [0.2, 0.25) is 0 Å². The van der Waals surface area contributed by atoms with Crippen molar-refractivity contribution in [1.82, 2.24) is 0 Å². The third-order valence-corrected chi connectivity index (χ3v) is 3.15. The van der Waals surface area contributed by atoms with Gasteiger partial charge in [0.05, 0.1) is 4.92 Å². The van der Waals surface area contributed by atoms with Crippen molar-refractivity contribution in [3.05, 3.63) is 33.9 Å². The van der Waals surface area contributed by atoms with Crippen LogP contribution in [0.25, 0.3) is 0 Å². The minimum atomic E-state index is -4.40. The Labute approximate surface area is 93.9 Å². The molecule has 0 fully saturated rings. The van der Waals surface area contributed by atoms with Crippen LogP contribution in [0.4, 0.5) is 5.69 Å². The van der Waals surface area contributed by atoms with E-state index < -0.39 is 19.9 Å². The Morgan fingerprint density at radius 3 is 2.47 bits per heavy atom. The summed E-state index contributed by atoms with van der Waals surface area (Å²) in [4.78, 5) is 9.38. The summed E-state index contributed by atoms with van der Waals surface area (Å²) >= 11 is 3.04. The van der Waals surface area contributed by atoms with Gasteiger partial charge in [0.15, 0.2) is 0 Å². The van der Waals surface area contributed by atoms with Crippen molar-refractivity contribution in [2.45, 2.75) is 10.2 Å². The van der Waals surface area contributed by atoms with Crippen LogP contribution in [0.1, 0.15) is 5.56 Å². The van der Waals surface area contributed by atoms with Crippen LogP contribution >= 0.6 is 15.9 Å². The summed E-state index contributed by atoms with van der Waals surface area (Å²) < 4.78 is 30.2. The summed E-state index contributed by atoms with van der Waals surface area (Å²) in [5, 5.41) is 10.8. The summed E-state index contributed by atoms with van der Waals surface area (Å²) in [5.41, 5.74) is -0.00519. The maximum atomic E-state index is 10.7. The SMILES string of the molecule is O=[N+]([O-])c1cc(S(=O)(=O)O)ccc1CBr. The molecule has 0 saturated heterocycles. The molecule has 0 aromatic heterocycles. The zero-order valence-electron chi connectivity index (χ0n) is 7.25. The first-order chi connectivity index (χ1) is 6.86. The molecule has 1 aromatic carbocycles. The lowest BCUT2D eigenvalue weighted by Crippen LogP contribution is -2.01. The van der Waals surface area contributed by atoms with E-state index in [0.717, 1.165) is 12.1 Å². The van der Waals surface area contributed by atoms with Gasteiger partial charge in [-0.2, -0.15) is 8.42 Å². The van der Waals surface area contributed by atoms with Crippen molar-refractivity contribution in [3.63, 3.8) is 0 Å². The van der Waals surface area contributed by atoms with Crippen molar-refractivity contribution in [1.29, 1.82) is 0 Å². The molecule has 0 heterocycles. The fourth-order valence-electron chi connectivity index (χ4n) is 0.987. The summed E-state index contributed by atoms with van der Waals surface area (Å²) in [6, 6.07) is 3.21. The van der Waals surface area contributed by atoms with E-state index in [-0.39, 0.29) is 11.0 Å². The van der Waals surface area contributed by atoms with Crippen molar-refractivity contribution < 1.29 is 17.9 Å². The maximum absolute atomic E-state index is 10.7. The molecule has 82 valence electrons. The molecule has 0 aliphatic heterocycles. The number of halogens is 1. The van der Waals surface area contributed by atoms with Crippen molar-refractivity contribution in [3.8, 4) is 0 Å². The van der Waals surface area contributed by atoms with E-state index in [9.17, 15) is 18.5 Å². The molecular formula is C7H6BrNO5S. The topological polar surface area (TPSA) is 97.5 Å². The van der Waals surface area contributed by atoms with Crippen molar-refractivity contribution in [2.24, 2.45) is 0 Å². The predicted octanol–water partition coefficient (Wildman–Crippen LogP) is 1.74. The Morgan fingerprint density at radius 1 is 1.47 bits per heavy atom. The van der Waals surface area contributed by atoms with Crippen molar-refractivity contribution in [2.75, 3.05) is 0 Å². The standard InChI is InChI=1S/C7H6BrNO5S/c8-4-5-1-2-6(15(12,13)14)3-7(5)9(10)11/h1-3H,4H2,(H,12,13,14). The van der Waals surface area contributed by atoms with E-state index in [4.69, 9.17) is 4.55 Å².